The van der Waals surface area contributed by atoms with Gasteiger partial charge in [0, 0.05) is 37.0 Å². The number of benzene rings is 2. The summed E-state index contributed by atoms with van der Waals surface area (Å²) in [5.74, 6) is -0.496. The van der Waals surface area contributed by atoms with Crippen LogP contribution in [0.15, 0.2) is 54.0 Å². The number of pyridine rings is 1. The minimum atomic E-state index is -0.890. The molecule has 0 aliphatic carbocycles. The van der Waals surface area contributed by atoms with Crippen molar-refractivity contribution >= 4 is 50.0 Å². The lowest BCUT2D eigenvalue weighted by Crippen LogP contribution is -2.34. The van der Waals surface area contributed by atoms with Gasteiger partial charge in [0.15, 0.2) is 0 Å². The highest BCUT2D eigenvalue weighted by atomic mass is 35.5. The summed E-state index contributed by atoms with van der Waals surface area (Å²) in [4.78, 5) is 19.2. The van der Waals surface area contributed by atoms with E-state index in [0.29, 0.717) is 17.1 Å². The zero-order valence-electron chi connectivity index (χ0n) is 22.5. The zero-order chi connectivity index (χ0) is 28.0. The summed E-state index contributed by atoms with van der Waals surface area (Å²) in [6, 6.07) is 14.1. The second kappa shape index (κ2) is 10.8. The maximum atomic E-state index is 12.1. The number of aryl methyl sites for hydroxylation is 1. The second-order valence-corrected chi connectivity index (χ2v) is 11.7. The van der Waals surface area contributed by atoms with Crippen molar-refractivity contribution in [1.82, 2.24) is 24.9 Å². The second-order valence-electron chi connectivity index (χ2n) is 10.4. The van der Waals surface area contributed by atoms with Gasteiger partial charge in [-0.25, -0.2) is 4.68 Å². The van der Waals surface area contributed by atoms with Crippen LogP contribution in [0.2, 0.25) is 5.02 Å². The Morgan fingerprint density at radius 1 is 1.27 bits per heavy atom. The molecule has 6 rings (SSSR count). The minimum absolute atomic E-state index is 0.0483. The molecule has 0 amide bonds. The van der Waals surface area contributed by atoms with E-state index in [4.69, 9.17) is 16.3 Å². The molecule has 206 valence electrons. The Kier molecular flexibility index (Phi) is 7.20. The molecule has 1 aliphatic heterocycles. The average molecular weight is 576 g/mol. The smallest absolute Gasteiger partial charge is 0.304 e. The Labute approximate surface area is 241 Å². The number of nitrogens with zero attached hydrogens (tertiary/aromatic N) is 5. The van der Waals surface area contributed by atoms with E-state index in [1.807, 2.05) is 37.5 Å². The lowest BCUT2D eigenvalue weighted by Gasteiger charge is -2.29. The van der Waals surface area contributed by atoms with Crippen LogP contribution in [-0.2, 0) is 18.4 Å². The van der Waals surface area contributed by atoms with E-state index in [1.165, 1.54) is 4.70 Å². The van der Waals surface area contributed by atoms with Crippen molar-refractivity contribution in [3.8, 4) is 5.75 Å². The molecule has 1 N–H and O–H groups in total. The number of rotatable bonds is 7. The molecule has 0 spiro atoms. The van der Waals surface area contributed by atoms with Gasteiger partial charge in [-0.05, 0) is 71.1 Å². The van der Waals surface area contributed by atoms with Crippen molar-refractivity contribution in [3.63, 3.8) is 0 Å². The van der Waals surface area contributed by atoms with Crippen LogP contribution in [0.4, 0.5) is 0 Å². The Hall–Kier alpha value is -3.53. The van der Waals surface area contributed by atoms with Crippen molar-refractivity contribution in [2.75, 3.05) is 6.54 Å². The maximum Gasteiger partial charge on any atom is 0.304 e. The van der Waals surface area contributed by atoms with Crippen molar-refractivity contribution < 1.29 is 14.6 Å². The number of carboxylic acid groups (broad SMARTS) is 1. The van der Waals surface area contributed by atoms with Crippen LogP contribution < -0.4 is 4.74 Å². The molecule has 5 aromatic rings. The van der Waals surface area contributed by atoms with E-state index in [0.717, 1.165) is 52.0 Å². The number of aromatic nitrogens is 4. The van der Waals surface area contributed by atoms with E-state index in [1.54, 1.807) is 16.0 Å². The quantitative estimate of drug-likeness (QED) is 0.234. The summed E-state index contributed by atoms with van der Waals surface area (Å²) in [6.07, 6.45) is 2.65. The third kappa shape index (κ3) is 4.82. The fourth-order valence-electron chi connectivity index (χ4n) is 5.70. The molecule has 0 bridgehead atoms. The molecule has 0 fully saturated rings. The van der Waals surface area contributed by atoms with Gasteiger partial charge in [0.05, 0.1) is 28.7 Å². The molecule has 4 heterocycles. The molecular formula is C30H30ClN5O3S. The highest BCUT2D eigenvalue weighted by Crippen LogP contribution is 2.40. The highest BCUT2D eigenvalue weighted by Gasteiger charge is 2.30. The van der Waals surface area contributed by atoms with E-state index in [2.05, 4.69) is 57.6 Å². The van der Waals surface area contributed by atoms with Crippen molar-refractivity contribution in [3.05, 3.63) is 81.4 Å². The normalized spacial score (nSPS) is 18.4. The van der Waals surface area contributed by atoms with Gasteiger partial charge in [-0.2, -0.15) is 0 Å². The SMILES string of the molecule is CC[C@@H]1CN(Cc2cc([C@@H](CC(=O)O)c3ccc4c(nnn4C)c3Cl)cc3ccsc23)[C@@H](C)c2ncccc2O1. The van der Waals surface area contributed by atoms with Crippen LogP contribution in [0, 0.1) is 0 Å². The third-order valence-corrected chi connectivity index (χ3v) is 9.27. The number of hydrogen-bond acceptors (Lipinski definition) is 7. The van der Waals surface area contributed by atoms with Crippen LogP contribution in [-0.4, -0.2) is 48.6 Å². The van der Waals surface area contributed by atoms with Gasteiger partial charge in [-0.3, -0.25) is 14.7 Å². The van der Waals surface area contributed by atoms with Gasteiger partial charge in [-0.15, -0.1) is 16.4 Å². The fraction of sp³-hybridized carbons (Fsp3) is 0.333. The Bertz CT molecular complexity index is 1720. The number of ether oxygens (including phenoxy) is 1. The van der Waals surface area contributed by atoms with Gasteiger partial charge in [0.25, 0.3) is 0 Å². The summed E-state index contributed by atoms with van der Waals surface area (Å²) < 4.78 is 9.19. The maximum absolute atomic E-state index is 12.1. The van der Waals surface area contributed by atoms with Gasteiger partial charge in [-0.1, -0.05) is 35.9 Å². The number of fused-ring (bicyclic) bond motifs is 3. The summed E-state index contributed by atoms with van der Waals surface area (Å²) >= 11 is 8.56. The molecule has 2 aromatic carbocycles. The molecule has 40 heavy (non-hydrogen) atoms. The van der Waals surface area contributed by atoms with E-state index in [-0.39, 0.29) is 18.6 Å². The topological polar surface area (TPSA) is 93.4 Å². The van der Waals surface area contributed by atoms with Crippen LogP contribution >= 0.6 is 22.9 Å². The molecule has 3 aromatic heterocycles. The standard InChI is InChI=1S/C30H30ClN5O3S/c1-4-21-16-36(17(2)28-25(39-21)6-5-10-32-28)15-20-13-19(12-18-9-11-40-30(18)20)23(14-26(37)38)22-7-8-24-29(27(22)31)33-34-35(24)3/h5-13,17,21,23H,4,14-16H2,1-3H3,(H,37,38)/t17-,21+,23+/m0/s1. The number of thiophene rings is 1. The summed E-state index contributed by atoms with van der Waals surface area (Å²) in [7, 11) is 1.81. The Morgan fingerprint density at radius 3 is 2.92 bits per heavy atom. The molecule has 1 aliphatic rings. The fourth-order valence-corrected chi connectivity index (χ4v) is 6.91. The number of hydrogen-bond donors (Lipinski definition) is 1. The van der Waals surface area contributed by atoms with Crippen LogP contribution in [0.25, 0.3) is 21.1 Å². The number of carboxylic acids is 1. The van der Waals surface area contributed by atoms with Crippen LogP contribution in [0.1, 0.15) is 61.0 Å². The molecule has 0 saturated heterocycles. The van der Waals surface area contributed by atoms with Crippen LogP contribution in [0.5, 0.6) is 5.75 Å². The number of carbonyl (C=O) groups is 1. The van der Waals surface area contributed by atoms with Crippen molar-refractivity contribution in [1.29, 1.82) is 0 Å². The summed E-state index contributed by atoms with van der Waals surface area (Å²) in [5.41, 5.74) is 5.11. The molecule has 10 heteroatoms. The Morgan fingerprint density at radius 2 is 2.12 bits per heavy atom. The molecule has 0 unspecified atom stereocenters. The summed E-state index contributed by atoms with van der Waals surface area (Å²) in [5, 5.41) is 21.9. The van der Waals surface area contributed by atoms with Gasteiger partial charge >= 0.3 is 5.97 Å². The summed E-state index contributed by atoms with van der Waals surface area (Å²) in [6.45, 7) is 5.75. The van der Waals surface area contributed by atoms with E-state index < -0.39 is 11.9 Å². The zero-order valence-corrected chi connectivity index (χ0v) is 24.1. The lowest BCUT2D eigenvalue weighted by atomic mass is 9.86. The van der Waals surface area contributed by atoms with Crippen LogP contribution in [0.3, 0.4) is 0 Å². The molecule has 8 nitrogen and oxygen atoms in total. The predicted molar refractivity (Wildman–Crippen MR) is 157 cm³/mol. The number of halogens is 1. The van der Waals surface area contributed by atoms with Gasteiger partial charge in [0.1, 0.15) is 17.4 Å². The van der Waals surface area contributed by atoms with E-state index in [9.17, 15) is 9.90 Å². The van der Waals surface area contributed by atoms with Gasteiger partial charge in [0.2, 0.25) is 0 Å². The van der Waals surface area contributed by atoms with E-state index >= 15 is 0 Å². The highest BCUT2D eigenvalue weighted by molar-refractivity contribution is 7.17. The van der Waals surface area contributed by atoms with Crippen molar-refractivity contribution in [2.24, 2.45) is 7.05 Å². The first kappa shape index (κ1) is 26.7. The first-order valence-corrected chi connectivity index (χ1v) is 14.6. The molecule has 3 atom stereocenters. The molecule has 0 saturated carbocycles. The first-order valence-electron chi connectivity index (χ1n) is 13.4. The van der Waals surface area contributed by atoms with Crippen molar-refractivity contribution in [2.45, 2.75) is 51.3 Å². The molecular weight excluding hydrogens is 546 g/mol. The minimum Gasteiger partial charge on any atom is -0.487 e. The Balaban J connectivity index is 1.44. The third-order valence-electron chi connectivity index (χ3n) is 7.86. The lowest BCUT2D eigenvalue weighted by molar-refractivity contribution is -0.137. The van der Waals surface area contributed by atoms with Gasteiger partial charge < -0.3 is 9.84 Å². The number of aliphatic carboxylic acids is 1. The molecule has 0 radical (unpaired) electrons. The monoisotopic (exact) mass is 575 g/mol. The first-order chi connectivity index (χ1) is 19.3. The predicted octanol–water partition coefficient (Wildman–Crippen LogP) is 6.57. The average Bonchev–Trinajstić information content (AvgIpc) is 3.55. The largest absolute Gasteiger partial charge is 0.487 e.